The second kappa shape index (κ2) is 41.8. The van der Waals surface area contributed by atoms with Gasteiger partial charge in [0.05, 0.1) is 9.79 Å². The van der Waals surface area contributed by atoms with Crippen molar-refractivity contribution in [3.63, 3.8) is 0 Å². The van der Waals surface area contributed by atoms with Crippen molar-refractivity contribution in [1.29, 1.82) is 0 Å². The second-order valence-corrected chi connectivity index (χ2v) is 24.0. The minimum atomic E-state index is -4.51. The van der Waals surface area contributed by atoms with Gasteiger partial charge in [0, 0.05) is 0 Å². The molecule has 9 heteroatoms. The third-order valence-electron chi connectivity index (χ3n) is 15.1. The fourth-order valence-corrected chi connectivity index (χ4v) is 12.5. The minimum absolute atomic E-state index is 0. The van der Waals surface area contributed by atoms with Crippen molar-refractivity contribution in [2.75, 3.05) is 0 Å². The van der Waals surface area contributed by atoms with Crippen LogP contribution >= 0.6 is 0 Å². The molecule has 0 radical (unpaired) electrons. The summed E-state index contributed by atoms with van der Waals surface area (Å²) >= 11 is 0. The van der Waals surface area contributed by atoms with Gasteiger partial charge in [-0.3, -0.25) is 0 Å². The van der Waals surface area contributed by atoms with Gasteiger partial charge in [-0.15, -0.1) is 0 Å². The summed E-state index contributed by atoms with van der Waals surface area (Å²) in [6.45, 7) is 8.99. The summed E-state index contributed by atoms with van der Waals surface area (Å²) < 4.78 is 73.7. The molecule has 6 nitrogen and oxygen atoms in total. The Kier molecular flexibility index (Phi) is 38.9. The van der Waals surface area contributed by atoms with E-state index in [1.165, 1.54) is 180 Å². The van der Waals surface area contributed by atoms with Crippen LogP contribution in [0.25, 0.3) is 21.5 Å². The number of fused-ring (bicyclic) bond motifs is 2. The Hall–Kier alpha value is -1.21. The zero-order valence-corrected chi connectivity index (χ0v) is 53.1. The van der Waals surface area contributed by atoms with E-state index >= 15 is 0 Å². The van der Waals surface area contributed by atoms with Crippen molar-refractivity contribution in [2.45, 2.75) is 294 Å². The van der Waals surface area contributed by atoms with E-state index in [2.05, 4.69) is 39.8 Å². The van der Waals surface area contributed by atoms with Crippen LogP contribution in [0, 0.1) is 0 Å². The fraction of sp³-hybridized carbons (Fsp3) is 0.688. The summed E-state index contributed by atoms with van der Waals surface area (Å²) in [5, 5.41) is 3.98. The third-order valence-corrected chi connectivity index (χ3v) is 16.9. The third kappa shape index (κ3) is 28.3. The topological polar surface area (TPSA) is 114 Å². The van der Waals surface area contributed by atoms with Crippen molar-refractivity contribution >= 4 is 90.7 Å². The van der Waals surface area contributed by atoms with Crippen LogP contribution in [0.2, 0.25) is 0 Å². The van der Waals surface area contributed by atoms with Crippen molar-refractivity contribution in [3.05, 3.63) is 82.9 Å². The van der Waals surface area contributed by atoms with Crippen LogP contribution in [0.1, 0.15) is 281 Å². The fourth-order valence-electron chi connectivity index (χ4n) is 10.9. The molecular formula is C64H102BaO6S2. The van der Waals surface area contributed by atoms with Crippen LogP contribution in [0.15, 0.2) is 70.5 Å². The molecule has 0 saturated carbocycles. The molecule has 0 N–H and O–H groups in total. The quantitative estimate of drug-likeness (QED) is 0.0248. The SMILES string of the molecule is CCCCCCCCCCCc1c(S(=O)(=O)[O-])cc2ccccc2c1CCCCCCCCCCC.CCCCCCCCCCCc1c(S(=O)(=O)[O-])cc2ccccc2c1CCCCCCCCCCC.[Ba+2]. The van der Waals surface area contributed by atoms with Gasteiger partial charge in [0.2, 0.25) is 0 Å². The predicted molar refractivity (Wildman–Crippen MR) is 313 cm³/mol. The molecule has 408 valence electrons. The van der Waals surface area contributed by atoms with Gasteiger partial charge >= 0.3 is 48.9 Å². The zero-order chi connectivity index (χ0) is 52.1. The molecule has 4 rings (SSSR count). The first-order chi connectivity index (χ1) is 35.0. The van der Waals surface area contributed by atoms with E-state index in [0.717, 1.165) is 108 Å². The molecule has 0 atom stereocenters. The van der Waals surface area contributed by atoms with Crippen LogP contribution < -0.4 is 0 Å². The number of aryl methyl sites for hydroxylation is 2. The van der Waals surface area contributed by atoms with E-state index in [4.69, 9.17) is 0 Å². The van der Waals surface area contributed by atoms with Gasteiger partial charge in [-0.05, 0) is 107 Å². The summed E-state index contributed by atoms with van der Waals surface area (Å²) in [7, 11) is -9.02. The van der Waals surface area contributed by atoms with Gasteiger partial charge in [0.1, 0.15) is 20.2 Å². The summed E-state index contributed by atoms with van der Waals surface area (Å²) in [6.07, 6.45) is 47.8. The molecule has 0 unspecified atom stereocenters. The summed E-state index contributed by atoms with van der Waals surface area (Å²) in [5.74, 6) is 0. The number of hydrogen-bond acceptors (Lipinski definition) is 6. The monoisotopic (exact) mass is 1170 g/mol. The van der Waals surface area contributed by atoms with Crippen molar-refractivity contribution in [1.82, 2.24) is 0 Å². The first-order valence-electron chi connectivity index (χ1n) is 30.0. The number of rotatable bonds is 42. The summed E-state index contributed by atoms with van der Waals surface area (Å²) in [4.78, 5) is 0.0402. The predicted octanol–water partition coefficient (Wildman–Crippen LogP) is 19.4. The second-order valence-electron chi connectivity index (χ2n) is 21.3. The summed E-state index contributed by atoms with van der Waals surface area (Å²) in [5.41, 5.74) is 3.80. The smallest absolute Gasteiger partial charge is 0.744 e. The maximum Gasteiger partial charge on any atom is 2.00 e. The summed E-state index contributed by atoms with van der Waals surface area (Å²) in [6, 6.07) is 19.2. The van der Waals surface area contributed by atoms with Crippen LogP contribution in [0.5, 0.6) is 0 Å². The van der Waals surface area contributed by atoms with Gasteiger partial charge in [0.25, 0.3) is 0 Å². The Morgan fingerprint density at radius 1 is 0.301 bits per heavy atom. The molecule has 0 bridgehead atoms. The molecule has 0 heterocycles. The van der Waals surface area contributed by atoms with Crippen molar-refractivity contribution in [3.8, 4) is 0 Å². The molecule has 73 heavy (non-hydrogen) atoms. The van der Waals surface area contributed by atoms with Gasteiger partial charge in [-0.2, -0.15) is 0 Å². The first-order valence-corrected chi connectivity index (χ1v) is 32.8. The van der Waals surface area contributed by atoms with E-state index in [9.17, 15) is 25.9 Å². The molecule has 0 fully saturated rings. The molecule has 0 spiro atoms. The standard InChI is InChI=1S/2C32H52O3S.Ba/c2*1-3-5-7-9-11-13-15-17-19-25-30-29-24-22-21-23-28(29)27-32(36(33,34)35)31(30)26-20-18-16-14-12-10-8-6-4-2;/h2*21-24,27H,3-20,25-26H2,1-2H3,(H,33,34,35);/q;;+2/p-2. The molecule has 0 amide bonds. The van der Waals surface area contributed by atoms with Crippen molar-refractivity contribution < 1.29 is 25.9 Å². The van der Waals surface area contributed by atoms with Crippen LogP contribution in [0.4, 0.5) is 0 Å². The minimum Gasteiger partial charge on any atom is -0.744 e. The van der Waals surface area contributed by atoms with Gasteiger partial charge in [0.15, 0.2) is 0 Å². The normalized spacial score (nSPS) is 11.8. The Morgan fingerprint density at radius 2 is 0.507 bits per heavy atom. The molecule has 0 aliphatic rings. The molecule has 0 aliphatic heterocycles. The molecule has 4 aromatic carbocycles. The van der Waals surface area contributed by atoms with E-state index < -0.39 is 20.2 Å². The Labute approximate surface area is 489 Å². The van der Waals surface area contributed by atoms with Gasteiger partial charge < -0.3 is 9.11 Å². The maximum atomic E-state index is 12.3. The molecule has 0 aliphatic carbocycles. The van der Waals surface area contributed by atoms with Gasteiger partial charge in [-0.25, -0.2) is 16.8 Å². The van der Waals surface area contributed by atoms with Crippen LogP contribution in [-0.2, 0) is 45.9 Å². The number of hydrogen-bond donors (Lipinski definition) is 0. The number of unbranched alkanes of at least 4 members (excludes halogenated alkanes) is 32. The molecule has 0 aromatic heterocycles. The Bertz CT molecular complexity index is 2100. The average Bonchev–Trinajstić information content (AvgIpc) is 3.36. The molecular weight excluding hydrogens is 1070 g/mol. The average molecular weight is 1170 g/mol. The van der Waals surface area contributed by atoms with Crippen LogP contribution in [0.3, 0.4) is 0 Å². The van der Waals surface area contributed by atoms with E-state index in [-0.39, 0.29) is 58.7 Å². The van der Waals surface area contributed by atoms with Crippen molar-refractivity contribution in [2.24, 2.45) is 0 Å². The largest absolute Gasteiger partial charge is 2.00 e. The Balaban J connectivity index is 0.000000493. The van der Waals surface area contributed by atoms with E-state index in [0.29, 0.717) is 12.8 Å². The zero-order valence-electron chi connectivity index (χ0n) is 47.0. The van der Waals surface area contributed by atoms with E-state index in [1.54, 1.807) is 12.1 Å². The first kappa shape index (κ1) is 67.9. The van der Waals surface area contributed by atoms with Gasteiger partial charge in [-0.1, -0.05) is 282 Å². The van der Waals surface area contributed by atoms with Crippen LogP contribution in [-0.4, -0.2) is 74.8 Å². The Morgan fingerprint density at radius 3 is 0.740 bits per heavy atom. The number of benzene rings is 4. The molecule has 4 aromatic rings. The maximum absolute atomic E-state index is 12.3. The van der Waals surface area contributed by atoms with E-state index in [1.807, 2.05) is 36.4 Å². The molecule has 0 saturated heterocycles.